The molecule has 2 rings (SSSR count). The minimum Gasteiger partial charge on any atom is -0.496 e. The third kappa shape index (κ3) is 4.19. The fraction of sp³-hybridized carbons (Fsp3) is 0.556. The highest BCUT2D eigenvalue weighted by molar-refractivity contribution is 5.77. The number of nitrogens with zero attached hydrogens (tertiary/aromatic N) is 1. The van der Waals surface area contributed by atoms with Crippen LogP contribution in [0.5, 0.6) is 5.75 Å². The van der Waals surface area contributed by atoms with Gasteiger partial charge in [-0.1, -0.05) is 24.6 Å². The Bertz CT molecular complexity index is 617. The minimum absolute atomic E-state index is 0.175. The molecule has 3 atom stereocenters. The number of urea groups is 1. The van der Waals surface area contributed by atoms with Gasteiger partial charge >= 0.3 is 12.0 Å². The number of nitrogens with one attached hydrogen (secondary N) is 1. The summed E-state index contributed by atoms with van der Waals surface area (Å²) in [7, 11) is 1.60. The number of aryl methyl sites for hydroxylation is 1. The molecule has 0 bridgehead atoms. The van der Waals surface area contributed by atoms with E-state index in [1.54, 1.807) is 12.0 Å². The van der Waals surface area contributed by atoms with Crippen LogP contribution in [0.25, 0.3) is 0 Å². The van der Waals surface area contributed by atoms with Crippen LogP contribution in [0.4, 0.5) is 4.79 Å². The lowest BCUT2D eigenvalue weighted by Gasteiger charge is -2.35. The van der Waals surface area contributed by atoms with Crippen molar-refractivity contribution in [2.24, 2.45) is 11.8 Å². The fourth-order valence-corrected chi connectivity index (χ4v) is 3.24. The Kier molecular flexibility index (Phi) is 5.70. The van der Waals surface area contributed by atoms with Gasteiger partial charge in [-0.2, -0.15) is 0 Å². The molecular weight excluding hydrogens is 308 g/mol. The zero-order valence-corrected chi connectivity index (χ0v) is 14.7. The number of amides is 2. The summed E-state index contributed by atoms with van der Waals surface area (Å²) in [5, 5.41) is 12.2. The summed E-state index contributed by atoms with van der Waals surface area (Å²) in [6.45, 7) is 6.69. The second kappa shape index (κ2) is 7.55. The second-order valence-corrected chi connectivity index (χ2v) is 6.70. The van der Waals surface area contributed by atoms with E-state index in [9.17, 15) is 14.7 Å². The van der Waals surface area contributed by atoms with Gasteiger partial charge in [0.25, 0.3) is 0 Å². The molecule has 0 saturated carbocycles. The van der Waals surface area contributed by atoms with E-state index in [0.29, 0.717) is 13.0 Å². The number of carboxylic acid groups (broad SMARTS) is 1. The van der Waals surface area contributed by atoms with E-state index in [-0.39, 0.29) is 24.5 Å². The van der Waals surface area contributed by atoms with Crippen LogP contribution in [-0.4, -0.2) is 42.2 Å². The quantitative estimate of drug-likeness (QED) is 0.887. The van der Waals surface area contributed by atoms with Gasteiger partial charge in [-0.05, 0) is 32.3 Å². The number of ether oxygens (including phenoxy) is 1. The lowest BCUT2D eigenvalue weighted by atomic mass is 9.91. The molecular formula is C18H26N2O4. The van der Waals surface area contributed by atoms with Crippen molar-refractivity contribution in [3.63, 3.8) is 0 Å². The molecule has 1 aromatic rings. The Morgan fingerprint density at radius 3 is 2.71 bits per heavy atom. The zero-order chi connectivity index (χ0) is 17.9. The number of benzene rings is 1. The number of carbonyl (C=O) groups excluding carboxylic acids is 1. The van der Waals surface area contributed by atoms with Gasteiger partial charge in [0.2, 0.25) is 0 Å². The van der Waals surface area contributed by atoms with E-state index in [1.165, 1.54) is 0 Å². The SMILES string of the molecule is COc1ccc(C)cc1[C@@H](C)NC(=O)N1CC(C)CC(C(=O)O)C1. The largest absolute Gasteiger partial charge is 0.496 e. The number of hydrogen-bond acceptors (Lipinski definition) is 3. The molecule has 0 spiro atoms. The number of carboxylic acids is 1. The monoisotopic (exact) mass is 334 g/mol. The lowest BCUT2D eigenvalue weighted by molar-refractivity contribution is -0.143. The highest BCUT2D eigenvalue weighted by atomic mass is 16.5. The molecule has 6 nitrogen and oxygen atoms in total. The van der Waals surface area contributed by atoms with Crippen LogP contribution in [0.2, 0.25) is 0 Å². The van der Waals surface area contributed by atoms with Crippen LogP contribution in [0.15, 0.2) is 18.2 Å². The van der Waals surface area contributed by atoms with Crippen LogP contribution in [0, 0.1) is 18.8 Å². The maximum absolute atomic E-state index is 12.6. The molecule has 2 unspecified atom stereocenters. The summed E-state index contributed by atoms with van der Waals surface area (Å²) in [5.41, 5.74) is 2.00. The lowest BCUT2D eigenvalue weighted by Crippen LogP contribution is -2.49. The molecule has 24 heavy (non-hydrogen) atoms. The number of carbonyl (C=O) groups is 2. The van der Waals surface area contributed by atoms with E-state index >= 15 is 0 Å². The van der Waals surface area contributed by atoms with Crippen molar-refractivity contribution in [3.05, 3.63) is 29.3 Å². The Hall–Kier alpha value is -2.24. The number of methoxy groups -OCH3 is 1. The van der Waals surface area contributed by atoms with Crippen LogP contribution in [-0.2, 0) is 4.79 Å². The zero-order valence-electron chi connectivity index (χ0n) is 14.7. The second-order valence-electron chi connectivity index (χ2n) is 6.70. The van der Waals surface area contributed by atoms with Crippen molar-refractivity contribution in [2.45, 2.75) is 33.2 Å². The molecule has 0 radical (unpaired) electrons. The Morgan fingerprint density at radius 2 is 2.08 bits per heavy atom. The number of rotatable bonds is 4. The molecule has 132 valence electrons. The van der Waals surface area contributed by atoms with Gasteiger partial charge in [-0.25, -0.2) is 4.79 Å². The first-order chi connectivity index (χ1) is 11.3. The highest BCUT2D eigenvalue weighted by Gasteiger charge is 2.32. The third-order valence-corrected chi connectivity index (χ3v) is 4.49. The predicted molar refractivity (Wildman–Crippen MR) is 91.2 cm³/mol. The molecule has 0 aromatic heterocycles. The van der Waals surface area contributed by atoms with E-state index in [4.69, 9.17) is 4.74 Å². The van der Waals surface area contributed by atoms with Crippen LogP contribution < -0.4 is 10.1 Å². The van der Waals surface area contributed by atoms with Crippen LogP contribution >= 0.6 is 0 Å². The van der Waals surface area contributed by atoms with Crippen molar-refractivity contribution in [3.8, 4) is 5.75 Å². The van der Waals surface area contributed by atoms with E-state index in [2.05, 4.69) is 5.32 Å². The Morgan fingerprint density at radius 1 is 1.38 bits per heavy atom. The molecule has 1 aliphatic rings. The molecule has 1 aromatic carbocycles. The first-order valence-electron chi connectivity index (χ1n) is 8.24. The standard InChI is InChI=1S/C18H26N2O4/c1-11-5-6-16(24-4)15(8-11)13(3)19-18(23)20-9-12(2)7-14(10-20)17(21)22/h5-6,8,12-14H,7,9-10H2,1-4H3,(H,19,23)(H,21,22)/t12?,13-,14?/m1/s1. The van der Waals surface area contributed by atoms with Gasteiger partial charge in [-0.3, -0.25) is 4.79 Å². The van der Waals surface area contributed by atoms with Gasteiger partial charge < -0.3 is 20.1 Å². The summed E-state index contributed by atoms with van der Waals surface area (Å²) < 4.78 is 5.37. The number of piperidine rings is 1. The summed E-state index contributed by atoms with van der Waals surface area (Å²) in [6, 6.07) is 5.37. The average Bonchev–Trinajstić information content (AvgIpc) is 2.54. The van der Waals surface area contributed by atoms with Gasteiger partial charge in [-0.15, -0.1) is 0 Å². The fourth-order valence-electron chi connectivity index (χ4n) is 3.24. The summed E-state index contributed by atoms with van der Waals surface area (Å²) in [6.07, 6.45) is 0.611. The molecule has 1 saturated heterocycles. The van der Waals surface area contributed by atoms with Crippen molar-refractivity contribution >= 4 is 12.0 Å². The van der Waals surface area contributed by atoms with Crippen molar-refractivity contribution < 1.29 is 19.4 Å². The van der Waals surface area contributed by atoms with Crippen molar-refractivity contribution in [1.82, 2.24) is 10.2 Å². The maximum atomic E-state index is 12.6. The van der Waals surface area contributed by atoms with E-state index in [0.717, 1.165) is 16.9 Å². The molecule has 6 heteroatoms. The Labute approximate surface area is 142 Å². The van der Waals surface area contributed by atoms with Gasteiger partial charge in [0.15, 0.2) is 0 Å². The topological polar surface area (TPSA) is 78.9 Å². The smallest absolute Gasteiger partial charge is 0.317 e. The van der Waals surface area contributed by atoms with Gasteiger partial charge in [0.05, 0.1) is 19.1 Å². The molecule has 2 N–H and O–H groups in total. The van der Waals surface area contributed by atoms with E-state index < -0.39 is 11.9 Å². The maximum Gasteiger partial charge on any atom is 0.317 e. The molecule has 1 fully saturated rings. The van der Waals surface area contributed by atoms with E-state index in [1.807, 2.05) is 39.0 Å². The number of likely N-dealkylation sites (tertiary alicyclic amines) is 1. The predicted octanol–water partition coefficient (Wildman–Crippen LogP) is 2.82. The number of aliphatic carboxylic acids is 1. The highest BCUT2D eigenvalue weighted by Crippen LogP contribution is 2.27. The molecule has 1 heterocycles. The first-order valence-corrected chi connectivity index (χ1v) is 8.24. The summed E-state index contributed by atoms with van der Waals surface area (Å²) in [4.78, 5) is 25.4. The first kappa shape index (κ1) is 18.1. The third-order valence-electron chi connectivity index (χ3n) is 4.49. The normalized spacial score (nSPS) is 21.9. The Balaban J connectivity index is 2.08. The van der Waals surface area contributed by atoms with Crippen molar-refractivity contribution in [2.75, 3.05) is 20.2 Å². The molecule has 0 aliphatic carbocycles. The summed E-state index contributed by atoms with van der Waals surface area (Å²) >= 11 is 0. The number of hydrogen-bond donors (Lipinski definition) is 2. The average molecular weight is 334 g/mol. The van der Waals surface area contributed by atoms with Gasteiger partial charge in [0.1, 0.15) is 5.75 Å². The summed E-state index contributed by atoms with van der Waals surface area (Å²) in [5.74, 6) is -0.436. The van der Waals surface area contributed by atoms with Gasteiger partial charge in [0, 0.05) is 18.7 Å². The molecule has 2 amide bonds. The minimum atomic E-state index is -0.840. The molecule has 1 aliphatic heterocycles. The van der Waals surface area contributed by atoms with Crippen molar-refractivity contribution in [1.29, 1.82) is 0 Å². The van der Waals surface area contributed by atoms with Crippen LogP contribution in [0.1, 0.15) is 37.4 Å². The van der Waals surface area contributed by atoms with Crippen LogP contribution in [0.3, 0.4) is 0 Å².